The number of esters is 1. The van der Waals surface area contributed by atoms with Crippen molar-refractivity contribution in [3.8, 4) is 5.69 Å². The van der Waals surface area contributed by atoms with Crippen molar-refractivity contribution in [3.05, 3.63) is 51.4 Å². The van der Waals surface area contributed by atoms with Gasteiger partial charge in [0.1, 0.15) is 5.56 Å². The topological polar surface area (TPSA) is 81.2 Å². The highest BCUT2D eigenvalue weighted by Crippen LogP contribution is 2.14. The molecule has 0 aliphatic carbocycles. The number of hydrogen-bond acceptors (Lipinski definition) is 4. The van der Waals surface area contributed by atoms with E-state index in [1.165, 1.54) is 18.7 Å². The third kappa shape index (κ3) is 2.16. The fraction of sp³-hybridized carbons (Fsp3) is 0.214. The van der Waals surface area contributed by atoms with Crippen molar-refractivity contribution >= 4 is 11.8 Å². The van der Waals surface area contributed by atoms with E-state index in [1.54, 1.807) is 31.2 Å². The number of Topliss-reactive ketones (excluding diaryl/α,β-unsaturated/α-hetero) is 1. The van der Waals surface area contributed by atoms with E-state index in [0.29, 0.717) is 11.4 Å². The first-order valence-corrected chi connectivity index (χ1v) is 5.97. The van der Waals surface area contributed by atoms with Crippen molar-refractivity contribution in [1.29, 1.82) is 0 Å². The number of aromatic amines is 1. The third-order valence-corrected chi connectivity index (χ3v) is 2.97. The number of methoxy groups -OCH3 is 1. The predicted octanol–water partition coefficient (Wildman–Crippen LogP) is 1.46. The fourth-order valence-electron chi connectivity index (χ4n) is 2.08. The number of rotatable bonds is 3. The molecule has 0 aliphatic rings. The molecule has 2 aromatic rings. The lowest BCUT2D eigenvalue weighted by Gasteiger charge is -2.07. The molecule has 0 spiro atoms. The number of nitrogens with zero attached hydrogens (tertiary/aromatic N) is 1. The summed E-state index contributed by atoms with van der Waals surface area (Å²) in [4.78, 5) is 35.5. The smallest absolute Gasteiger partial charge is 0.340 e. The van der Waals surface area contributed by atoms with Crippen LogP contribution >= 0.6 is 0 Å². The Hall–Kier alpha value is -2.63. The molecule has 0 amide bonds. The first-order valence-electron chi connectivity index (χ1n) is 5.97. The number of carbonyl (C=O) groups excluding carboxylic acids is 2. The quantitative estimate of drug-likeness (QED) is 0.678. The Morgan fingerprint density at radius 3 is 2.45 bits per heavy atom. The molecule has 0 aliphatic heterocycles. The van der Waals surface area contributed by atoms with Crippen LogP contribution in [0.1, 0.15) is 33.3 Å². The Morgan fingerprint density at radius 2 is 1.90 bits per heavy atom. The Labute approximate surface area is 115 Å². The number of aryl methyl sites for hydroxylation is 1. The van der Waals surface area contributed by atoms with E-state index in [9.17, 15) is 14.4 Å². The van der Waals surface area contributed by atoms with Crippen LogP contribution in [0, 0.1) is 6.92 Å². The maximum absolute atomic E-state index is 12.3. The molecular weight excluding hydrogens is 260 g/mol. The van der Waals surface area contributed by atoms with Crippen LogP contribution in [0.25, 0.3) is 5.69 Å². The molecule has 0 unspecified atom stereocenters. The Bertz CT molecular complexity index is 740. The lowest BCUT2D eigenvalue weighted by atomic mass is 10.1. The van der Waals surface area contributed by atoms with Gasteiger partial charge in [0.05, 0.1) is 18.4 Å². The number of nitrogens with one attached hydrogen (secondary N) is 1. The van der Waals surface area contributed by atoms with Crippen molar-refractivity contribution in [2.24, 2.45) is 0 Å². The van der Waals surface area contributed by atoms with Crippen LogP contribution in [-0.4, -0.2) is 28.6 Å². The number of carbonyl (C=O) groups is 2. The zero-order valence-electron chi connectivity index (χ0n) is 11.4. The van der Waals surface area contributed by atoms with Gasteiger partial charge in [-0.25, -0.2) is 9.48 Å². The van der Waals surface area contributed by atoms with E-state index in [0.717, 1.165) is 0 Å². The van der Waals surface area contributed by atoms with E-state index >= 15 is 0 Å². The van der Waals surface area contributed by atoms with Gasteiger partial charge < -0.3 is 4.74 Å². The molecule has 0 radical (unpaired) electrons. The van der Waals surface area contributed by atoms with Crippen molar-refractivity contribution in [2.45, 2.75) is 13.8 Å². The normalized spacial score (nSPS) is 10.3. The number of aromatic nitrogens is 2. The second-order valence-corrected chi connectivity index (χ2v) is 4.32. The minimum Gasteiger partial charge on any atom is -0.465 e. The molecule has 0 atom stereocenters. The van der Waals surface area contributed by atoms with Gasteiger partial charge in [0.25, 0.3) is 5.56 Å². The molecule has 104 valence electrons. The van der Waals surface area contributed by atoms with Gasteiger partial charge in [-0.2, -0.15) is 0 Å². The highest BCUT2D eigenvalue weighted by molar-refractivity contribution is 5.95. The van der Waals surface area contributed by atoms with Crippen molar-refractivity contribution in [3.63, 3.8) is 0 Å². The number of para-hydroxylation sites is 1. The van der Waals surface area contributed by atoms with E-state index in [2.05, 4.69) is 9.84 Å². The number of benzene rings is 1. The molecule has 6 nitrogen and oxygen atoms in total. The number of ether oxygens (including phenoxy) is 1. The molecule has 0 fully saturated rings. The summed E-state index contributed by atoms with van der Waals surface area (Å²) in [5.41, 5.74) is 0.659. The monoisotopic (exact) mass is 274 g/mol. The van der Waals surface area contributed by atoms with Gasteiger partial charge in [-0.05, 0) is 26.0 Å². The van der Waals surface area contributed by atoms with Crippen LogP contribution in [0.2, 0.25) is 0 Å². The zero-order valence-corrected chi connectivity index (χ0v) is 11.4. The predicted molar refractivity (Wildman–Crippen MR) is 72.5 cm³/mol. The highest BCUT2D eigenvalue weighted by Gasteiger charge is 2.19. The van der Waals surface area contributed by atoms with E-state index in [1.807, 2.05) is 0 Å². The van der Waals surface area contributed by atoms with Gasteiger partial charge >= 0.3 is 5.97 Å². The average molecular weight is 274 g/mol. The van der Waals surface area contributed by atoms with Gasteiger partial charge in [0, 0.05) is 5.69 Å². The van der Waals surface area contributed by atoms with E-state index in [-0.39, 0.29) is 16.9 Å². The SMILES string of the molecule is COC(=O)c1ccccc1-n1[nH]c(C)c(C(C)=O)c1=O. The summed E-state index contributed by atoms with van der Waals surface area (Å²) in [5, 5.41) is 2.81. The fourth-order valence-corrected chi connectivity index (χ4v) is 2.08. The van der Waals surface area contributed by atoms with Crippen LogP contribution in [-0.2, 0) is 4.74 Å². The summed E-state index contributed by atoms with van der Waals surface area (Å²) in [7, 11) is 1.27. The Balaban J connectivity index is 2.71. The Kier molecular flexibility index (Phi) is 3.56. The number of H-pyrrole nitrogens is 1. The summed E-state index contributed by atoms with van der Waals surface area (Å²) >= 11 is 0. The number of ketones is 1. The van der Waals surface area contributed by atoms with Gasteiger partial charge in [0.2, 0.25) is 0 Å². The second kappa shape index (κ2) is 5.16. The first-order chi connectivity index (χ1) is 9.47. The summed E-state index contributed by atoms with van der Waals surface area (Å²) in [6, 6.07) is 6.52. The van der Waals surface area contributed by atoms with Crippen molar-refractivity contribution < 1.29 is 14.3 Å². The van der Waals surface area contributed by atoms with Crippen molar-refractivity contribution in [2.75, 3.05) is 7.11 Å². The van der Waals surface area contributed by atoms with Gasteiger partial charge in [0.15, 0.2) is 5.78 Å². The molecule has 0 saturated carbocycles. The highest BCUT2D eigenvalue weighted by atomic mass is 16.5. The van der Waals surface area contributed by atoms with Crippen molar-refractivity contribution in [1.82, 2.24) is 9.78 Å². The summed E-state index contributed by atoms with van der Waals surface area (Å²) in [6.45, 7) is 2.96. The Morgan fingerprint density at radius 1 is 1.25 bits per heavy atom. The molecule has 0 bridgehead atoms. The first kappa shape index (κ1) is 13.8. The zero-order chi connectivity index (χ0) is 14.9. The third-order valence-electron chi connectivity index (χ3n) is 2.97. The molecule has 6 heteroatoms. The van der Waals surface area contributed by atoms with Gasteiger partial charge in [-0.1, -0.05) is 12.1 Å². The second-order valence-electron chi connectivity index (χ2n) is 4.32. The van der Waals surface area contributed by atoms with E-state index < -0.39 is 11.5 Å². The molecular formula is C14H14N2O4. The average Bonchev–Trinajstić information content (AvgIpc) is 2.73. The maximum Gasteiger partial charge on any atom is 0.340 e. The van der Waals surface area contributed by atoms with Crippen LogP contribution in [0.15, 0.2) is 29.1 Å². The maximum atomic E-state index is 12.3. The molecule has 2 rings (SSSR count). The van der Waals surface area contributed by atoms with Crippen LogP contribution < -0.4 is 5.56 Å². The molecule has 20 heavy (non-hydrogen) atoms. The van der Waals surface area contributed by atoms with Gasteiger partial charge in [-0.15, -0.1) is 0 Å². The summed E-state index contributed by atoms with van der Waals surface area (Å²) < 4.78 is 5.87. The van der Waals surface area contributed by atoms with Crippen LogP contribution in [0.3, 0.4) is 0 Å². The number of hydrogen-bond donors (Lipinski definition) is 1. The minimum atomic E-state index is -0.552. The van der Waals surface area contributed by atoms with Gasteiger partial charge in [-0.3, -0.25) is 14.7 Å². The molecule has 1 heterocycles. The summed E-state index contributed by atoms with van der Waals surface area (Å²) in [6.07, 6.45) is 0. The largest absolute Gasteiger partial charge is 0.465 e. The van der Waals surface area contributed by atoms with E-state index in [4.69, 9.17) is 0 Å². The molecule has 1 aromatic heterocycles. The minimum absolute atomic E-state index is 0.0877. The van der Waals surface area contributed by atoms with Crippen LogP contribution in [0.4, 0.5) is 0 Å². The lowest BCUT2D eigenvalue weighted by Crippen LogP contribution is -2.21. The molecule has 0 saturated heterocycles. The van der Waals surface area contributed by atoms with Crippen LogP contribution in [0.5, 0.6) is 0 Å². The summed E-state index contributed by atoms with van der Waals surface area (Å²) in [5.74, 6) is -0.873. The standard InChI is InChI=1S/C14H14N2O4/c1-8-12(9(2)17)13(18)16(15-8)11-7-5-4-6-10(11)14(19)20-3/h4-7,15H,1-3H3. The molecule has 1 N–H and O–H groups in total. The lowest BCUT2D eigenvalue weighted by molar-refractivity contribution is 0.0600. The molecule has 1 aromatic carbocycles.